The lowest BCUT2D eigenvalue weighted by molar-refractivity contribution is -0.139. The van der Waals surface area contributed by atoms with Crippen molar-refractivity contribution >= 4 is 11.9 Å². The molecule has 2 aromatic rings. The van der Waals surface area contributed by atoms with Crippen molar-refractivity contribution in [2.24, 2.45) is 0 Å². The van der Waals surface area contributed by atoms with E-state index in [1.54, 1.807) is 24.3 Å². The number of ether oxygens (including phenoxy) is 2. The molecule has 0 bridgehead atoms. The highest BCUT2D eigenvalue weighted by atomic mass is 16.5. The number of carboxylic acids is 1. The van der Waals surface area contributed by atoms with E-state index in [2.05, 4.69) is 5.32 Å². The molecule has 26 heavy (non-hydrogen) atoms. The molecular weight excluding hydrogens is 338 g/mol. The van der Waals surface area contributed by atoms with Gasteiger partial charge in [-0.15, -0.1) is 0 Å². The summed E-state index contributed by atoms with van der Waals surface area (Å²) < 4.78 is 10.8. The Kier molecular flexibility index (Phi) is 5.20. The summed E-state index contributed by atoms with van der Waals surface area (Å²) in [5.74, 6) is -0.368. The number of aliphatic hydroxyl groups is 1. The van der Waals surface area contributed by atoms with Gasteiger partial charge in [-0.25, -0.2) is 4.79 Å². The quantitative estimate of drug-likeness (QED) is 0.677. The maximum absolute atomic E-state index is 12.1. The summed E-state index contributed by atoms with van der Waals surface area (Å²) in [7, 11) is 0. The fraction of sp³-hybridized carbons (Fsp3) is 0.263. The lowest BCUT2D eigenvalue weighted by Gasteiger charge is -2.20. The number of carboxylic acid groups (broad SMARTS) is 1. The van der Waals surface area contributed by atoms with Crippen LogP contribution in [0, 0.1) is 0 Å². The summed E-state index contributed by atoms with van der Waals surface area (Å²) in [6, 6.07) is 14.8. The maximum Gasteiger partial charge on any atom is 0.338 e. The molecule has 2 aromatic carbocycles. The first-order valence-corrected chi connectivity index (χ1v) is 8.14. The second-order valence-electron chi connectivity index (χ2n) is 6.22. The Bertz CT molecular complexity index is 776. The average Bonchev–Trinajstić information content (AvgIpc) is 3.04. The fourth-order valence-electron chi connectivity index (χ4n) is 2.69. The van der Waals surface area contributed by atoms with Gasteiger partial charge in [-0.05, 0) is 36.4 Å². The lowest BCUT2D eigenvalue weighted by atomic mass is 10.0. The van der Waals surface area contributed by atoms with E-state index in [-0.39, 0.29) is 19.6 Å². The van der Waals surface area contributed by atoms with Gasteiger partial charge in [0.05, 0.1) is 5.56 Å². The minimum atomic E-state index is -1.38. The van der Waals surface area contributed by atoms with Crippen LogP contribution in [0.3, 0.4) is 0 Å². The summed E-state index contributed by atoms with van der Waals surface area (Å²) in [6.45, 7) is -0.216. The van der Waals surface area contributed by atoms with Crippen LogP contribution in [0.15, 0.2) is 54.6 Å². The molecule has 0 amide bonds. The van der Waals surface area contributed by atoms with Gasteiger partial charge >= 0.3 is 11.9 Å². The number of β-amino-alcohol motifs (C(OH)–C–C–N with tert-alkyl or cyclic N) is 1. The summed E-state index contributed by atoms with van der Waals surface area (Å²) in [5, 5.41) is 21.9. The van der Waals surface area contributed by atoms with E-state index < -0.39 is 23.6 Å². The van der Waals surface area contributed by atoms with Crippen LogP contribution in [0.1, 0.15) is 16.8 Å². The number of benzene rings is 2. The van der Waals surface area contributed by atoms with Crippen molar-refractivity contribution in [3.63, 3.8) is 0 Å². The van der Waals surface area contributed by atoms with Gasteiger partial charge in [0.25, 0.3) is 0 Å². The Morgan fingerprint density at radius 3 is 2.35 bits per heavy atom. The number of aliphatic carboxylic acids is 1. The highest BCUT2D eigenvalue weighted by molar-refractivity contribution is 5.89. The molecule has 3 rings (SSSR count). The molecule has 1 aliphatic rings. The molecule has 1 heterocycles. The highest BCUT2D eigenvalue weighted by Crippen LogP contribution is 2.23. The number of nitrogens with one attached hydrogen (secondary N) is 1. The first kappa shape index (κ1) is 17.9. The molecule has 2 atom stereocenters. The predicted octanol–water partition coefficient (Wildman–Crippen LogP) is 1.81. The van der Waals surface area contributed by atoms with Crippen molar-refractivity contribution in [1.82, 2.24) is 5.32 Å². The first-order valence-electron chi connectivity index (χ1n) is 8.14. The fourth-order valence-corrected chi connectivity index (χ4v) is 2.69. The Balaban J connectivity index is 1.54. The monoisotopic (exact) mass is 357 g/mol. The van der Waals surface area contributed by atoms with E-state index >= 15 is 0 Å². The van der Waals surface area contributed by atoms with Gasteiger partial charge in [0.15, 0.2) is 0 Å². The van der Waals surface area contributed by atoms with Crippen LogP contribution in [0.5, 0.6) is 11.5 Å². The number of hydrogen-bond acceptors (Lipinski definition) is 6. The third kappa shape index (κ3) is 4.38. The van der Waals surface area contributed by atoms with Gasteiger partial charge < -0.3 is 25.0 Å². The van der Waals surface area contributed by atoms with E-state index in [0.717, 1.165) is 0 Å². The van der Waals surface area contributed by atoms with Crippen molar-refractivity contribution in [1.29, 1.82) is 0 Å². The number of hydrogen-bond donors (Lipinski definition) is 3. The van der Waals surface area contributed by atoms with Crippen LogP contribution < -0.4 is 10.1 Å². The Morgan fingerprint density at radius 2 is 1.73 bits per heavy atom. The number of carbonyl (C=O) groups excluding carboxylic acids is 1. The Hall–Kier alpha value is -2.90. The Morgan fingerprint density at radius 1 is 1.08 bits per heavy atom. The molecule has 1 aliphatic heterocycles. The summed E-state index contributed by atoms with van der Waals surface area (Å²) in [4.78, 5) is 23.0. The van der Waals surface area contributed by atoms with E-state index in [1.807, 2.05) is 30.3 Å². The van der Waals surface area contributed by atoms with Crippen LogP contribution in [0.4, 0.5) is 0 Å². The molecule has 0 saturated carbocycles. The third-order valence-corrected chi connectivity index (χ3v) is 4.10. The minimum absolute atomic E-state index is 0.0144. The molecular formula is C19H19NO6. The molecule has 136 valence electrons. The van der Waals surface area contributed by atoms with Crippen LogP contribution in [0.25, 0.3) is 0 Å². The second kappa shape index (κ2) is 7.55. The molecule has 1 fully saturated rings. The van der Waals surface area contributed by atoms with Gasteiger partial charge in [0.1, 0.15) is 29.7 Å². The molecule has 3 N–H and O–H groups in total. The second-order valence-corrected chi connectivity index (χ2v) is 6.22. The van der Waals surface area contributed by atoms with E-state index in [4.69, 9.17) is 14.6 Å². The zero-order chi connectivity index (χ0) is 18.6. The number of para-hydroxylation sites is 1. The van der Waals surface area contributed by atoms with Gasteiger partial charge in [0.2, 0.25) is 0 Å². The zero-order valence-corrected chi connectivity index (χ0v) is 13.9. The highest BCUT2D eigenvalue weighted by Gasteiger charge is 2.41. The van der Waals surface area contributed by atoms with Crippen molar-refractivity contribution in [2.75, 3.05) is 13.2 Å². The standard InChI is InChI=1S/C19H19NO6/c21-17(22)16-10-19(24,11-20-16)12-25-18(23)13-6-8-15(9-7-13)26-14-4-2-1-3-5-14/h1-9,16,20,24H,10-12H2,(H,21,22)/t16-,19-/m0/s1. The summed E-state index contributed by atoms with van der Waals surface area (Å²) >= 11 is 0. The maximum atomic E-state index is 12.1. The van der Waals surface area contributed by atoms with Gasteiger partial charge in [-0.2, -0.15) is 0 Å². The Labute approximate surface area is 150 Å². The number of carbonyl (C=O) groups is 2. The first-order chi connectivity index (χ1) is 12.5. The third-order valence-electron chi connectivity index (χ3n) is 4.10. The van der Waals surface area contributed by atoms with Gasteiger partial charge in [-0.3, -0.25) is 4.79 Å². The van der Waals surface area contributed by atoms with Gasteiger partial charge in [-0.1, -0.05) is 18.2 Å². The summed E-state index contributed by atoms with van der Waals surface area (Å²) in [6.07, 6.45) is -0.0144. The van der Waals surface area contributed by atoms with Crippen molar-refractivity contribution in [3.05, 3.63) is 60.2 Å². The largest absolute Gasteiger partial charge is 0.480 e. The van der Waals surface area contributed by atoms with Gasteiger partial charge in [0, 0.05) is 13.0 Å². The van der Waals surface area contributed by atoms with E-state index in [1.165, 1.54) is 0 Å². The smallest absolute Gasteiger partial charge is 0.338 e. The van der Waals surface area contributed by atoms with E-state index in [9.17, 15) is 14.7 Å². The molecule has 7 heteroatoms. The number of esters is 1. The van der Waals surface area contributed by atoms with Crippen LogP contribution in [-0.4, -0.2) is 46.9 Å². The van der Waals surface area contributed by atoms with Crippen molar-refractivity contribution < 1.29 is 29.3 Å². The molecule has 0 aliphatic carbocycles. The number of rotatable bonds is 6. The average molecular weight is 357 g/mol. The van der Waals surface area contributed by atoms with Crippen LogP contribution in [0.2, 0.25) is 0 Å². The zero-order valence-electron chi connectivity index (χ0n) is 13.9. The molecule has 0 spiro atoms. The molecule has 0 aromatic heterocycles. The topological polar surface area (TPSA) is 105 Å². The summed E-state index contributed by atoms with van der Waals surface area (Å²) in [5.41, 5.74) is -1.07. The molecule has 0 radical (unpaired) electrons. The van der Waals surface area contributed by atoms with Crippen LogP contribution >= 0.6 is 0 Å². The van der Waals surface area contributed by atoms with Crippen molar-refractivity contribution in [2.45, 2.75) is 18.1 Å². The predicted molar refractivity (Wildman–Crippen MR) is 92.2 cm³/mol. The SMILES string of the molecule is O=C(OC[C@@]1(O)CN[C@H](C(=O)O)C1)c1ccc(Oc2ccccc2)cc1. The molecule has 0 unspecified atom stereocenters. The minimum Gasteiger partial charge on any atom is -0.480 e. The van der Waals surface area contributed by atoms with Crippen molar-refractivity contribution in [3.8, 4) is 11.5 Å². The van der Waals surface area contributed by atoms with E-state index in [0.29, 0.717) is 17.1 Å². The molecule has 7 nitrogen and oxygen atoms in total. The molecule has 1 saturated heterocycles. The normalized spacial score (nSPS) is 22.0. The van der Waals surface area contributed by atoms with Crippen LogP contribution in [-0.2, 0) is 9.53 Å². The lowest BCUT2D eigenvalue weighted by Crippen LogP contribution is -2.37.